The van der Waals surface area contributed by atoms with Gasteiger partial charge in [0.2, 0.25) is 10.0 Å². The third kappa shape index (κ3) is 5.26. The summed E-state index contributed by atoms with van der Waals surface area (Å²) < 4.78 is 26.5. The summed E-state index contributed by atoms with van der Waals surface area (Å²) in [6.07, 6.45) is 3.80. The van der Waals surface area contributed by atoms with Gasteiger partial charge in [-0.25, -0.2) is 13.1 Å². The van der Waals surface area contributed by atoms with Gasteiger partial charge in [-0.2, -0.15) is 0 Å². The first-order valence-corrected chi connectivity index (χ1v) is 8.38. The Morgan fingerprint density at radius 3 is 2.19 bits per heavy atom. The lowest BCUT2D eigenvalue weighted by atomic mass is 10.1. The number of aromatic nitrogens is 1. The molecule has 0 bridgehead atoms. The van der Waals surface area contributed by atoms with E-state index in [0.717, 1.165) is 16.7 Å². The van der Waals surface area contributed by atoms with Gasteiger partial charge in [0.1, 0.15) is 0 Å². The van der Waals surface area contributed by atoms with Gasteiger partial charge in [0.25, 0.3) is 0 Å². The van der Waals surface area contributed by atoms with Crippen LogP contribution in [0.5, 0.6) is 0 Å². The fraction of sp³-hybridized carbons (Fsp3) is 0.267. The molecule has 0 amide bonds. The Hall–Kier alpha value is -1.76. The van der Waals surface area contributed by atoms with E-state index in [0.29, 0.717) is 19.5 Å². The van der Waals surface area contributed by atoms with Gasteiger partial charge in [0.15, 0.2) is 0 Å². The molecule has 0 saturated carbocycles. The molecule has 0 saturated heterocycles. The number of nitrogens with one attached hydrogen (secondary N) is 1. The van der Waals surface area contributed by atoms with Crippen LogP contribution < -0.4 is 10.5 Å². The Morgan fingerprint density at radius 2 is 1.57 bits per heavy atom. The zero-order valence-electron chi connectivity index (χ0n) is 11.7. The third-order valence-corrected chi connectivity index (χ3v) is 4.49. The topological polar surface area (TPSA) is 85.1 Å². The van der Waals surface area contributed by atoms with Gasteiger partial charge >= 0.3 is 0 Å². The second kappa shape index (κ2) is 7.31. The van der Waals surface area contributed by atoms with E-state index in [-0.39, 0.29) is 5.75 Å². The summed E-state index contributed by atoms with van der Waals surface area (Å²) in [5.41, 5.74) is 8.43. The molecule has 1 heterocycles. The molecule has 112 valence electrons. The lowest BCUT2D eigenvalue weighted by Crippen LogP contribution is -2.26. The minimum absolute atomic E-state index is 0.0674. The number of aryl methyl sites for hydroxylation is 1. The van der Waals surface area contributed by atoms with Crippen molar-refractivity contribution in [2.24, 2.45) is 5.73 Å². The maximum Gasteiger partial charge on any atom is 0.212 e. The number of benzene rings is 1. The molecule has 2 aromatic rings. The lowest BCUT2D eigenvalue weighted by molar-refractivity contribution is 0.580. The van der Waals surface area contributed by atoms with Crippen LogP contribution in [0.4, 0.5) is 0 Å². The van der Waals surface area contributed by atoms with E-state index < -0.39 is 10.0 Å². The van der Waals surface area contributed by atoms with Crippen molar-refractivity contribution < 1.29 is 8.42 Å². The fourth-order valence-electron chi connectivity index (χ4n) is 1.86. The molecule has 3 N–H and O–H groups in total. The monoisotopic (exact) mass is 305 g/mol. The Morgan fingerprint density at radius 1 is 0.952 bits per heavy atom. The average Bonchev–Trinajstić information content (AvgIpc) is 2.53. The normalized spacial score (nSPS) is 11.5. The maximum absolute atomic E-state index is 12.0. The van der Waals surface area contributed by atoms with E-state index in [1.165, 1.54) is 0 Å². The van der Waals surface area contributed by atoms with Gasteiger partial charge in [-0.15, -0.1) is 0 Å². The summed E-state index contributed by atoms with van der Waals surface area (Å²) in [6.45, 7) is 0.779. The molecule has 0 spiro atoms. The smallest absolute Gasteiger partial charge is 0.212 e. The summed E-state index contributed by atoms with van der Waals surface area (Å²) >= 11 is 0. The molecule has 0 aliphatic carbocycles. The first kappa shape index (κ1) is 15.6. The summed E-state index contributed by atoms with van der Waals surface area (Å²) in [6, 6.07) is 11.2. The first-order chi connectivity index (χ1) is 10.1. The van der Waals surface area contributed by atoms with Crippen molar-refractivity contribution in [3.63, 3.8) is 0 Å². The zero-order valence-corrected chi connectivity index (χ0v) is 12.5. The summed E-state index contributed by atoms with van der Waals surface area (Å²) in [5, 5.41) is 0. The van der Waals surface area contributed by atoms with Crippen LogP contribution in [0.25, 0.3) is 0 Å². The van der Waals surface area contributed by atoms with Crippen LogP contribution in [0.1, 0.15) is 16.7 Å². The van der Waals surface area contributed by atoms with Gasteiger partial charge < -0.3 is 5.73 Å². The number of nitrogens with zero attached hydrogens (tertiary/aromatic N) is 1. The Bertz CT molecular complexity index is 655. The van der Waals surface area contributed by atoms with Crippen LogP contribution in [-0.4, -0.2) is 19.2 Å². The summed E-state index contributed by atoms with van der Waals surface area (Å²) in [5.74, 6) is 0.0674. The van der Waals surface area contributed by atoms with Crippen molar-refractivity contribution in [3.05, 3.63) is 65.5 Å². The van der Waals surface area contributed by atoms with E-state index in [1.807, 2.05) is 36.4 Å². The predicted molar refractivity (Wildman–Crippen MR) is 82.9 cm³/mol. The molecule has 0 aliphatic rings. The van der Waals surface area contributed by atoms with E-state index in [1.54, 1.807) is 12.4 Å². The Kier molecular flexibility index (Phi) is 5.44. The minimum Gasteiger partial charge on any atom is -0.326 e. The quantitative estimate of drug-likeness (QED) is 0.805. The Labute approximate surface area is 125 Å². The highest BCUT2D eigenvalue weighted by Crippen LogP contribution is 2.05. The molecule has 0 radical (unpaired) electrons. The highest BCUT2D eigenvalue weighted by atomic mass is 32.2. The summed E-state index contributed by atoms with van der Waals surface area (Å²) in [4.78, 5) is 3.91. The van der Waals surface area contributed by atoms with Crippen LogP contribution in [0.15, 0.2) is 48.8 Å². The van der Waals surface area contributed by atoms with Crippen LogP contribution >= 0.6 is 0 Å². The second-order valence-electron chi connectivity index (χ2n) is 4.77. The van der Waals surface area contributed by atoms with Gasteiger partial charge in [-0.05, 0) is 35.2 Å². The number of rotatable bonds is 7. The second-order valence-corrected chi connectivity index (χ2v) is 6.69. The van der Waals surface area contributed by atoms with Crippen molar-refractivity contribution in [2.45, 2.75) is 19.5 Å². The molecule has 0 aliphatic heterocycles. The van der Waals surface area contributed by atoms with Gasteiger partial charge in [-0.3, -0.25) is 4.98 Å². The average molecular weight is 305 g/mol. The van der Waals surface area contributed by atoms with Crippen LogP contribution in [-0.2, 0) is 29.5 Å². The molecule has 0 atom stereocenters. The Balaban J connectivity index is 1.85. The summed E-state index contributed by atoms with van der Waals surface area (Å²) in [7, 11) is -3.29. The predicted octanol–water partition coefficient (Wildman–Crippen LogP) is 1.20. The number of pyridine rings is 1. The number of nitrogens with two attached hydrogens (primary N) is 1. The molecule has 0 fully saturated rings. The van der Waals surface area contributed by atoms with Crippen LogP contribution in [0.2, 0.25) is 0 Å². The SMILES string of the molecule is NCc1ccc(CNS(=O)(=O)CCc2ccncc2)cc1. The van der Waals surface area contributed by atoms with E-state index in [2.05, 4.69) is 9.71 Å². The molecule has 0 unspecified atom stereocenters. The molecule has 6 heteroatoms. The molecule has 1 aromatic carbocycles. The first-order valence-electron chi connectivity index (χ1n) is 6.73. The maximum atomic E-state index is 12.0. The van der Waals surface area contributed by atoms with Crippen molar-refractivity contribution in [1.29, 1.82) is 0 Å². The van der Waals surface area contributed by atoms with E-state index in [9.17, 15) is 8.42 Å². The molecule has 5 nitrogen and oxygen atoms in total. The van der Waals surface area contributed by atoms with E-state index >= 15 is 0 Å². The number of hydrogen-bond donors (Lipinski definition) is 2. The molecule has 2 rings (SSSR count). The number of sulfonamides is 1. The van der Waals surface area contributed by atoms with Crippen molar-refractivity contribution in [3.8, 4) is 0 Å². The van der Waals surface area contributed by atoms with Gasteiger partial charge in [-0.1, -0.05) is 24.3 Å². The lowest BCUT2D eigenvalue weighted by Gasteiger charge is -2.07. The van der Waals surface area contributed by atoms with Crippen LogP contribution in [0, 0.1) is 0 Å². The van der Waals surface area contributed by atoms with Crippen molar-refractivity contribution >= 4 is 10.0 Å². The van der Waals surface area contributed by atoms with Crippen LogP contribution in [0.3, 0.4) is 0 Å². The highest BCUT2D eigenvalue weighted by molar-refractivity contribution is 7.89. The molecular weight excluding hydrogens is 286 g/mol. The van der Waals surface area contributed by atoms with Gasteiger partial charge in [0.05, 0.1) is 5.75 Å². The minimum atomic E-state index is -3.29. The van der Waals surface area contributed by atoms with Gasteiger partial charge in [0, 0.05) is 25.5 Å². The molecule has 21 heavy (non-hydrogen) atoms. The molecular formula is C15H19N3O2S. The fourth-order valence-corrected chi connectivity index (χ4v) is 2.90. The largest absolute Gasteiger partial charge is 0.326 e. The van der Waals surface area contributed by atoms with Crippen molar-refractivity contribution in [2.75, 3.05) is 5.75 Å². The standard InChI is InChI=1S/C15H19N3O2S/c16-11-14-1-3-15(4-2-14)12-18-21(19,20)10-7-13-5-8-17-9-6-13/h1-6,8-9,18H,7,10-12,16H2. The third-order valence-electron chi connectivity index (χ3n) is 3.16. The van der Waals surface area contributed by atoms with Crippen molar-refractivity contribution in [1.82, 2.24) is 9.71 Å². The number of hydrogen-bond acceptors (Lipinski definition) is 4. The highest BCUT2D eigenvalue weighted by Gasteiger charge is 2.10. The van der Waals surface area contributed by atoms with E-state index in [4.69, 9.17) is 5.73 Å². The molecule has 1 aromatic heterocycles. The zero-order chi connectivity index (χ0) is 15.1.